The quantitative estimate of drug-likeness (QED) is 0.0941. The summed E-state index contributed by atoms with van der Waals surface area (Å²) >= 11 is 0. The molecule has 0 aliphatic rings. The summed E-state index contributed by atoms with van der Waals surface area (Å²) in [6.45, 7) is 6.91. The van der Waals surface area contributed by atoms with Crippen LogP contribution in [0, 0.1) is 5.41 Å². The number of aliphatic imine (C=N–C) groups is 1. The number of rotatable bonds is 14. The topological polar surface area (TPSA) is 245 Å². The number of nitrogens with one attached hydrogen (secondary N) is 1. The van der Waals surface area contributed by atoms with Crippen LogP contribution in [0.2, 0.25) is 0 Å². The molecular formula is C38H66N14O6. The second-order valence-corrected chi connectivity index (χ2v) is 15.4. The Hall–Kier alpha value is -5.69. The zero-order chi connectivity index (χ0) is 42.9. The summed E-state index contributed by atoms with van der Waals surface area (Å²) in [5, 5.41) is 7.71. The molecule has 0 radical (unpaired) electrons. The minimum atomic E-state index is -0.485. The summed E-state index contributed by atoms with van der Waals surface area (Å²) in [7, 11) is 13.3. The van der Waals surface area contributed by atoms with Gasteiger partial charge < -0.3 is 35.1 Å². The van der Waals surface area contributed by atoms with E-state index in [0.717, 1.165) is 85.0 Å². The number of amides is 1. The summed E-state index contributed by atoms with van der Waals surface area (Å²) in [5.41, 5.74) is 10.4. The van der Waals surface area contributed by atoms with Crippen molar-refractivity contribution >= 4 is 40.3 Å². The van der Waals surface area contributed by atoms with Crippen LogP contribution in [0.4, 0.5) is 4.79 Å². The van der Waals surface area contributed by atoms with Gasteiger partial charge >= 0.3 is 17.5 Å². The first-order valence-corrected chi connectivity index (χ1v) is 19.1. The fraction of sp³-hybridized carbons (Fsp3) is 0.658. The lowest BCUT2D eigenvalue weighted by Crippen LogP contribution is -2.37. The number of hydrogen-bond acceptors (Lipinski definition) is 9. The van der Waals surface area contributed by atoms with Gasteiger partial charge in [-0.3, -0.25) is 33.3 Å². The summed E-state index contributed by atoms with van der Waals surface area (Å²) in [6, 6.07) is 0. The van der Waals surface area contributed by atoms with Crippen LogP contribution in [0.1, 0.15) is 91.2 Å². The Morgan fingerprint density at radius 2 is 1.03 bits per heavy atom. The van der Waals surface area contributed by atoms with Gasteiger partial charge in [0.2, 0.25) is 5.96 Å². The summed E-state index contributed by atoms with van der Waals surface area (Å²) in [6.07, 6.45) is 8.75. The molecule has 0 spiro atoms. The molecule has 0 saturated carbocycles. The summed E-state index contributed by atoms with van der Waals surface area (Å²) in [4.78, 5) is 76.9. The van der Waals surface area contributed by atoms with Gasteiger partial charge in [-0.1, -0.05) is 33.1 Å². The van der Waals surface area contributed by atoms with Crippen molar-refractivity contribution in [2.75, 3.05) is 27.2 Å². The van der Waals surface area contributed by atoms with Gasteiger partial charge in [0.05, 0.1) is 0 Å². The molecule has 0 bridgehead atoms. The lowest BCUT2D eigenvalue weighted by atomic mass is 10.1. The van der Waals surface area contributed by atoms with E-state index in [9.17, 15) is 24.0 Å². The van der Waals surface area contributed by atoms with Crippen LogP contribution < -0.4 is 34.0 Å². The Morgan fingerprint density at radius 1 is 0.655 bits per heavy atom. The zero-order valence-corrected chi connectivity index (χ0v) is 35.5. The molecule has 0 aliphatic heterocycles. The van der Waals surface area contributed by atoms with E-state index in [-0.39, 0.29) is 47.9 Å². The molecule has 4 heterocycles. The van der Waals surface area contributed by atoms with Gasteiger partial charge in [0, 0.05) is 82.3 Å². The largest absolute Gasteiger partial charge is 0.444 e. The number of nitrogens with zero attached hydrogens (tertiary/aromatic N) is 11. The lowest BCUT2D eigenvalue weighted by molar-refractivity contribution is 0.0296. The Kier molecular flexibility index (Phi) is 17.3. The minimum absolute atomic E-state index is 0. The van der Waals surface area contributed by atoms with Gasteiger partial charge in [-0.15, -0.1) is 0 Å². The molecule has 1 amide bonds. The van der Waals surface area contributed by atoms with E-state index in [1.807, 2.05) is 27.8 Å². The fourth-order valence-electron chi connectivity index (χ4n) is 6.29. The molecule has 5 N–H and O–H groups in total. The highest BCUT2D eigenvalue weighted by molar-refractivity contribution is 5.91. The number of hydrogen-bond donors (Lipinski definition) is 3. The van der Waals surface area contributed by atoms with E-state index in [0.29, 0.717) is 35.4 Å². The monoisotopic (exact) mass is 815 g/mol. The van der Waals surface area contributed by atoms with Gasteiger partial charge in [0.1, 0.15) is 17.2 Å². The second-order valence-electron chi connectivity index (χ2n) is 15.4. The first-order chi connectivity index (χ1) is 26.6. The number of ether oxygens (including phenoxy) is 1. The first-order valence-electron chi connectivity index (χ1n) is 19.1. The van der Waals surface area contributed by atoms with E-state index < -0.39 is 5.60 Å². The molecule has 4 rings (SSSR count). The van der Waals surface area contributed by atoms with E-state index in [2.05, 4.69) is 15.0 Å². The molecule has 0 unspecified atom stereocenters. The molecule has 20 heteroatoms. The molecule has 0 fully saturated rings. The average molecular weight is 815 g/mol. The van der Waals surface area contributed by atoms with Crippen molar-refractivity contribution in [3.63, 3.8) is 0 Å². The Labute approximate surface area is 339 Å². The molecule has 58 heavy (non-hydrogen) atoms. The predicted octanol–water partition coefficient (Wildman–Crippen LogP) is 1.79. The molecule has 20 nitrogen and oxygen atoms in total. The number of carbonyl (C=O) groups is 1. The van der Waals surface area contributed by atoms with Gasteiger partial charge in [0.15, 0.2) is 28.3 Å². The number of aromatic nitrogens is 8. The van der Waals surface area contributed by atoms with Gasteiger partial charge in [-0.2, -0.15) is 4.99 Å². The normalized spacial score (nSPS) is 11.2. The predicted molar refractivity (Wildman–Crippen MR) is 228 cm³/mol. The Balaban J connectivity index is 0.000000394. The van der Waals surface area contributed by atoms with E-state index in [1.165, 1.54) is 23.2 Å². The number of imidazole rings is 2. The lowest BCUT2D eigenvalue weighted by Gasteiger charge is -2.24. The van der Waals surface area contributed by atoms with E-state index in [1.54, 1.807) is 54.2 Å². The zero-order valence-electron chi connectivity index (χ0n) is 35.5. The van der Waals surface area contributed by atoms with Gasteiger partial charge in [-0.25, -0.2) is 24.4 Å². The summed E-state index contributed by atoms with van der Waals surface area (Å²) < 4.78 is 13.9. The van der Waals surface area contributed by atoms with Crippen molar-refractivity contribution in [1.29, 1.82) is 5.41 Å². The molecule has 324 valence electrons. The highest BCUT2D eigenvalue weighted by atomic mass is 16.6. The fourth-order valence-corrected chi connectivity index (χ4v) is 6.29. The molecule has 0 saturated heterocycles. The molecule has 4 aromatic heterocycles. The standard InChI is InChI=1S/C20H33N5O4.C17H29N9O2.CH4/c1-20(2,3)29-19(28)22(4)13-11-9-8-10-12-14-21-16-15(23(14)5)17(26)25(7)18(27)24(16)6;1-23(16(20)22-15(18)19)10-8-6-5-7-9-11-21-13-12(24(11)2)14(27)26(4)17(28)25(13)3;/h8-13H2,1-7H3;5-10H2,1-4H3,(H5,18,19,20,22);1H4. The molecule has 0 aliphatic carbocycles. The minimum Gasteiger partial charge on any atom is -0.444 e. The van der Waals surface area contributed by atoms with Crippen molar-refractivity contribution in [2.45, 2.75) is 98.0 Å². The van der Waals surface area contributed by atoms with Crippen molar-refractivity contribution in [1.82, 2.24) is 47.2 Å². The van der Waals surface area contributed by atoms with Crippen LogP contribution in [0.3, 0.4) is 0 Å². The number of nitrogens with two attached hydrogens (primary N) is 2. The smallest absolute Gasteiger partial charge is 0.410 e. The van der Waals surface area contributed by atoms with Gasteiger partial charge in [0.25, 0.3) is 11.1 Å². The molecule has 0 atom stereocenters. The van der Waals surface area contributed by atoms with Crippen molar-refractivity contribution in [2.24, 2.45) is 58.7 Å². The van der Waals surface area contributed by atoms with Crippen LogP contribution in [-0.4, -0.2) is 98.0 Å². The van der Waals surface area contributed by atoms with E-state index >= 15 is 0 Å². The maximum atomic E-state index is 12.4. The SMILES string of the molecule is C.CN(CCCCCCc1nc2c(c(=O)n(C)c(=O)n2C)n1C)C(=N)N=C(N)N.CN(CCCCCCc1nc2c(c(=O)n(C)c(=O)n2C)n1C)C(=O)OC(C)(C)C. The average Bonchev–Trinajstić information content (AvgIpc) is 3.65. The maximum absolute atomic E-state index is 12.4. The van der Waals surface area contributed by atoms with Crippen LogP contribution in [0.25, 0.3) is 22.3 Å². The third kappa shape index (κ3) is 11.9. The number of aryl methyl sites for hydroxylation is 6. The van der Waals surface area contributed by atoms with Crippen LogP contribution in [-0.2, 0) is 59.9 Å². The second kappa shape index (κ2) is 20.6. The Bertz CT molecular complexity index is 2330. The van der Waals surface area contributed by atoms with Crippen molar-refractivity contribution in [3.8, 4) is 0 Å². The van der Waals surface area contributed by atoms with Crippen molar-refractivity contribution < 1.29 is 9.53 Å². The molecule has 0 aromatic carbocycles. The molecule has 4 aromatic rings. The number of carbonyl (C=O) groups excluding carboxylic acids is 1. The highest BCUT2D eigenvalue weighted by Crippen LogP contribution is 2.15. The van der Waals surface area contributed by atoms with Gasteiger partial charge in [-0.05, 0) is 46.5 Å². The summed E-state index contributed by atoms with van der Waals surface area (Å²) in [5.74, 6) is 1.52. The highest BCUT2D eigenvalue weighted by Gasteiger charge is 2.20. The van der Waals surface area contributed by atoms with Crippen LogP contribution in [0.5, 0.6) is 0 Å². The maximum Gasteiger partial charge on any atom is 0.410 e. The number of guanidine groups is 2. The third-order valence-corrected chi connectivity index (χ3v) is 9.73. The number of unbranched alkanes of at least 4 members (excludes halogenated alkanes) is 6. The first kappa shape index (κ1) is 48.5. The Morgan fingerprint density at radius 3 is 1.41 bits per heavy atom. The van der Waals surface area contributed by atoms with E-state index in [4.69, 9.17) is 21.6 Å². The molecular weight excluding hydrogens is 749 g/mol. The van der Waals surface area contributed by atoms with Crippen LogP contribution in [0.15, 0.2) is 24.2 Å². The van der Waals surface area contributed by atoms with Crippen LogP contribution >= 0.6 is 0 Å². The van der Waals surface area contributed by atoms with Crippen molar-refractivity contribution in [3.05, 3.63) is 53.3 Å². The third-order valence-electron chi connectivity index (χ3n) is 9.73. The number of fused-ring (bicyclic) bond motifs is 2.